The molecule has 0 saturated heterocycles. The molecule has 7 nitrogen and oxygen atoms in total. The van der Waals surface area contributed by atoms with Gasteiger partial charge in [0.1, 0.15) is 5.60 Å². The van der Waals surface area contributed by atoms with E-state index in [4.69, 9.17) is 4.74 Å². The molecule has 1 heterocycles. The van der Waals surface area contributed by atoms with Gasteiger partial charge < -0.3 is 14.6 Å². The Morgan fingerprint density at radius 3 is 2.11 bits per heavy atom. The molecule has 1 amide bonds. The number of nitrogens with one attached hydrogen (secondary N) is 1. The highest BCUT2D eigenvalue weighted by molar-refractivity contribution is 7.90. The van der Waals surface area contributed by atoms with Gasteiger partial charge in [-0.1, -0.05) is 54.1 Å². The second-order valence-corrected chi connectivity index (χ2v) is 14.9. The number of hydrogen-bond acceptors (Lipinski definition) is 5. The highest BCUT2D eigenvalue weighted by Gasteiger charge is 2.21. The van der Waals surface area contributed by atoms with Crippen LogP contribution in [0.3, 0.4) is 0 Å². The minimum Gasteiger partial charge on any atom is -0.456 e. The van der Waals surface area contributed by atoms with Gasteiger partial charge in [0.05, 0.1) is 10.5 Å². The lowest BCUT2D eigenvalue weighted by Crippen LogP contribution is -2.24. The number of fused-ring (bicyclic) bond motifs is 1. The number of carbonyl (C=O) groups is 2. The van der Waals surface area contributed by atoms with Crippen LogP contribution in [0.2, 0.25) is 0 Å². The summed E-state index contributed by atoms with van der Waals surface area (Å²) in [5.41, 5.74) is 8.49. The molecule has 0 radical (unpaired) electrons. The maximum atomic E-state index is 13.0. The number of sulfone groups is 1. The zero-order valence-corrected chi connectivity index (χ0v) is 28.2. The van der Waals surface area contributed by atoms with Gasteiger partial charge in [0.25, 0.3) is 5.91 Å². The summed E-state index contributed by atoms with van der Waals surface area (Å²) >= 11 is 0. The highest BCUT2D eigenvalue weighted by Crippen LogP contribution is 2.30. The molecule has 0 bridgehead atoms. The minimum absolute atomic E-state index is 0.198. The zero-order chi connectivity index (χ0) is 33.4. The molecule has 0 saturated carbocycles. The molecule has 4 aromatic carbocycles. The van der Waals surface area contributed by atoms with Crippen molar-refractivity contribution in [2.24, 2.45) is 0 Å². The van der Waals surface area contributed by atoms with Crippen LogP contribution in [0.4, 0.5) is 0 Å². The summed E-state index contributed by atoms with van der Waals surface area (Å²) in [7, 11) is -3.27. The summed E-state index contributed by atoms with van der Waals surface area (Å²) in [5.74, 6) is -0.534. The van der Waals surface area contributed by atoms with Gasteiger partial charge in [0, 0.05) is 41.5 Å². The van der Waals surface area contributed by atoms with E-state index in [1.165, 1.54) is 6.26 Å². The molecule has 8 heteroatoms. The van der Waals surface area contributed by atoms with E-state index < -0.39 is 15.4 Å². The molecule has 0 spiro atoms. The predicted molar refractivity (Wildman–Crippen MR) is 183 cm³/mol. The van der Waals surface area contributed by atoms with Crippen LogP contribution in [0.25, 0.3) is 22.0 Å². The van der Waals surface area contributed by atoms with Gasteiger partial charge in [0.2, 0.25) is 0 Å². The number of ether oxygens (including phenoxy) is 1. The Morgan fingerprint density at radius 1 is 0.826 bits per heavy atom. The summed E-state index contributed by atoms with van der Waals surface area (Å²) in [5, 5.41) is 3.95. The number of carbonyl (C=O) groups excluding carboxylic acids is 2. The Balaban J connectivity index is 1.34. The van der Waals surface area contributed by atoms with Crippen LogP contribution in [-0.2, 0) is 27.7 Å². The molecule has 0 unspecified atom stereocenters. The highest BCUT2D eigenvalue weighted by atomic mass is 32.2. The Morgan fingerprint density at radius 2 is 1.48 bits per heavy atom. The van der Waals surface area contributed by atoms with Crippen LogP contribution < -0.4 is 5.32 Å². The summed E-state index contributed by atoms with van der Waals surface area (Å²) < 4.78 is 31.4. The Bertz CT molecular complexity index is 2050. The van der Waals surface area contributed by atoms with Gasteiger partial charge in [-0.3, -0.25) is 4.79 Å². The summed E-state index contributed by atoms with van der Waals surface area (Å²) in [4.78, 5) is 26.3. The van der Waals surface area contributed by atoms with Crippen molar-refractivity contribution >= 4 is 32.6 Å². The molecular formula is C38H40N2O5S. The lowest BCUT2D eigenvalue weighted by atomic mass is 9.96. The van der Waals surface area contributed by atoms with Gasteiger partial charge in [-0.2, -0.15) is 0 Å². The molecule has 238 valence electrons. The lowest BCUT2D eigenvalue weighted by molar-refractivity contribution is 0.00701. The van der Waals surface area contributed by atoms with E-state index in [0.717, 1.165) is 50.0 Å². The van der Waals surface area contributed by atoms with Crippen molar-refractivity contribution in [3.63, 3.8) is 0 Å². The molecule has 5 aromatic rings. The molecule has 0 fully saturated rings. The number of hydrogen-bond donors (Lipinski definition) is 1. The molecule has 0 atom stereocenters. The molecular weight excluding hydrogens is 596 g/mol. The molecule has 1 N–H and O–H groups in total. The average Bonchev–Trinajstić information content (AvgIpc) is 3.23. The number of benzene rings is 4. The Kier molecular flexibility index (Phi) is 8.96. The van der Waals surface area contributed by atoms with Crippen molar-refractivity contribution < 1.29 is 22.7 Å². The SMILES string of the molecule is Cc1ccc(-c2ccc(Cn3c(C)c(C)c4cc(C(=O)NCc5ccc(S(C)(=O)=O)cc5)ccc43)cc2)c(C(=O)OC(C)(C)C)c1. The third-order valence-electron chi connectivity index (χ3n) is 8.11. The fourth-order valence-corrected chi connectivity index (χ4v) is 6.15. The van der Waals surface area contributed by atoms with Crippen molar-refractivity contribution in [1.29, 1.82) is 0 Å². The molecule has 0 aliphatic carbocycles. The van der Waals surface area contributed by atoms with Crippen molar-refractivity contribution in [2.75, 3.05) is 6.26 Å². The number of esters is 1. The topological polar surface area (TPSA) is 94.5 Å². The zero-order valence-electron chi connectivity index (χ0n) is 27.4. The monoisotopic (exact) mass is 636 g/mol. The van der Waals surface area contributed by atoms with Crippen LogP contribution >= 0.6 is 0 Å². The van der Waals surface area contributed by atoms with E-state index >= 15 is 0 Å². The molecule has 0 aliphatic heterocycles. The molecule has 46 heavy (non-hydrogen) atoms. The third kappa shape index (κ3) is 7.23. The first-order valence-electron chi connectivity index (χ1n) is 15.2. The lowest BCUT2D eigenvalue weighted by Gasteiger charge is -2.21. The van der Waals surface area contributed by atoms with Gasteiger partial charge >= 0.3 is 5.97 Å². The Labute approximate surface area is 271 Å². The number of aromatic nitrogens is 1. The van der Waals surface area contributed by atoms with E-state index in [1.54, 1.807) is 24.3 Å². The molecule has 1 aromatic heterocycles. The van der Waals surface area contributed by atoms with E-state index in [9.17, 15) is 18.0 Å². The maximum absolute atomic E-state index is 13.0. The quantitative estimate of drug-likeness (QED) is 0.177. The largest absolute Gasteiger partial charge is 0.456 e. The maximum Gasteiger partial charge on any atom is 0.339 e. The predicted octanol–water partition coefficient (Wildman–Crippen LogP) is 7.57. The van der Waals surface area contributed by atoms with E-state index in [-0.39, 0.29) is 23.3 Å². The number of aryl methyl sites for hydroxylation is 2. The normalized spacial score (nSPS) is 11.9. The van der Waals surface area contributed by atoms with E-state index in [0.29, 0.717) is 17.7 Å². The third-order valence-corrected chi connectivity index (χ3v) is 9.23. The standard InChI is InChI=1S/C38H40N2O5S/c1-24-8-18-32(34(20-24)37(42)45-38(4,5)6)29-13-9-28(10-14-29)23-40-26(3)25(2)33-21-30(15-19-35(33)40)36(41)39-22-27-11-16-31(17-12-27)46(7,43)44/h8-21H,22-23H2,1-7H3,(H,39,41). The fourth-order valence-electron chi connectivity index (χ4n) is 5.52. The number of amides is 1. The van der Waals surface area contributed by atoms with Crippen LogP contribution in [0.15, 0.2) is 89.8 Å². The second kappa shape index (κ2) is 12.6. The summed E-state index contributed by atoms with van der Waals surface area (Å²) in [6.45, 7) is 12.7. The van der Waals surface area contributed by atoms with Crippen molar-refractivity contribution in [1.82, 2.24) is 9.88 Å². The van der Waals surface area contributed by atoms with Gasteiger partial charge in [-0.15, -0.1) is 0 Å². The number of rotatable bonds is 8. The van der Waals surface area contributed by atoms with Crippen LogP contribution in [0, 0.1) is 20.8 Å². The van der Waals surface area contributed by atoms with Crippen LogP contribution in [-0.4, -0.2) is 36.7 Å². The first-order chi connectivity index (χ1) is 21.6. The van der Waals surface area contributed by atoms with Crippen molar-refractivity contribution in [2.45, 2.75) is 65.1 Å². The Hall–Kier alpha value is -4.69. The van der Waals surface area contributed by atoms with E-state index in [2.05, 4.69) is 35.9 Å². The smallest absolute Gasteiger partial charge is 0.339 e. The first-order valence-corrected chi connectivity index (χ1v) is 17.1. The first kappa shape index (κ1) is 32.7. The van der Waals surface area contributed by atoms with Crippen LogP contribution in [0.1, 0.15) is 69.4 Å². The van der Waals surface area contributed by atoms with Crippen molar-refractivity contribution in [3.8, 4) is 11.1 Å². The summed E-state index contributed by atoms with van der Waals surface area (Å²) in [6.07, 6.45) is 1.17. The second-order valence-electron chi connectivity index (χ2n) is 12.9. The van der Waals surface area contributed by atoms with Gasteiger partial charge in [-0.05, 0) is 106 Å². The minimum atomic E-state index is -3.27. The summed E-state index contributed by atoms with van der Waals surface area (Å²) in [6, 6.07) is 26.4. The molecule has 5 rings (SSSR count). The molecule has 0 aliphatic rings. The average molecular weight is 637 g/mol. The van der Waals surface area contributed by atoms with Crippen molar-refractivity contribution in [3.05, 3.63) is 124 Å². The van der Waals surface area contributed by atoms with Crippen LogP contribution in [0.5, 0.6) is 0 Å². The van der Waals surface area contributed by atoms with Gasteiger partial charge in [0.15, 0.2) is 9.84 Å². The van der Waals surface area contributed by atoms with Gasteiger partial charge in [-0.25, -0.2) is 13.2 Å². The number of nitrogens with zero attached hydrogens (tertiary/aromatic N) is 1. The van der Waals surface area contributed by atoms with E-state index in [1.807, 2.05) is 76.2 Å². The fraction of sp³-hybridized carbons (Fsp3) is 0.263.